The Hall–Kier alpha value is -0.860. The van der Waals surface area contributed by atoms with Gasteiger partial charge < -0.3 is 11.1 Å². The van der Waals surface area contributed by atoms with E-state index in [9.17, 15) is 0 Å². The van der Waals surface area contributed by atoms with E-state index in [0.29, 0.717) is 6.54 Å². The number of nitrogens with two attached hydrogens (primary N) is 1. The molecule has 15 heavy (non-hydrogen) atoms. The Morgan fingerprint density at radius 1 is 1.07 bits per heavy atom. The van der Waals surface area contributed by atoms with Crippen LogP contribution in [0, 0.1) is 0 Å². The second-order valence-electron chi connectivity index (χ2n) is 3.90. The molecule has 84 valence electrons. The lowest BCUT2D eigenvalue weighted by molar-refractivity contribution is 0.617. The predicted octanol–water partition coefficient (Wildman–Crippen LogP) is 2.43. The quantitative estimate of drug-likeness (QED) is 0.672. The molecule has 1 rings (SSSR count). The molecular weight excluding hydrogens is 184 g/mol. The molecule has 0 saturated carbocycles. The summed E-state index contributed by atoms with van der Waals surface area (Å²) in [5, 5.41) is 3.44. The van der Waals surface area contributed by atoms with Crippen molar-refractivity contribution in [1.29, 1.82) is 0 Å². The van der Waals surface area contributed by atoms with E-state index in [1.54, 1.807) is 0 Å². The Morgan fingerprint density at radius 3 is 2.33 bits per heavy atom. The second kappa shape index (κ2) is 7.43. The Kier molecular flexibility index (Phi) is 6.05. The van der Waals surface area contributed by atoms with Crippen LogP contribution in [-0.4, -0.2) is 6.54 Å². The number of unbranched alkanes of at least 4 members (excludes halogenated alkanes) is 2. The number of hydrogen-bond acceptors (Lipinski definition) is 2. The third kappa shape index (κ3) is 4.96. The minimum atomic E-state index is 0.629. The monoisotopic (exact) mass is 206 g/mol. The lowest BCUT2D eigenvalue weighted by atomic mass is 10.1. The van der Waals surface area contributed by atoms with Crippen LogP contribution in [0.15, 0.2) is 24.3 Å². The van der Waals surface area contributed by atoms with Crippen LogP contribution < -0.4 is 11.1 Å². The third-order valence-corrected chi connectivity index (χ3v) is 2.54. The van der Waals surface area contributed by atoms with E-state index in [1.165, 1.54) is 30.4 Å². The minimum absolute atomic E-state index is 0.629. The number of benzene rings is 1. The van der Waals surface area contributed by atoms with Crippen LogP contribution in [0.1, 0.15) is 37.3 Å². The predicted molar refractivity (Wildman–Crippen MR) is 65.6 cm³/mol. The average molecular weight is 206 g/mol. The highest BCUT2D eigenvalue weighted by atomic mass is 14.8. The van der Waals surface area contributed by atoms with Gasteiger partial charge in [-0.2, -0.15) is 0 Å². The molecule has 0 aliphatic carbocycles. The highest BCUT2D eigenvalue weighted by molar-refractivity contribution is 5.22. The summed E-state index contributed by atoms with van der Waals surface area (Å²) in [6.45, 7) is 4.94. The van der Waals surface area contributed by atoms with E-state index in [0.717, 1.165) is 13.1 Å². The zero-order valence-electron chi connectivity index (χ0n) is 9.63. The van der Waals surface area contributed by atoms with Crippen molar-refractivity contribution in [3.8, 4) is 0 Å². The summed E-state index contributed by atoms with van der Waals surface area (Å²) in [6, 6.07) is 8.50. The molecule has 3 N–H and O–H groups in total. The van der Waals surface area contributed by atoms with Crippen molar-refractivity contribution >= 4 is 0 Å². The normalized spacial score (nSPS) is 10.5. The van der Waals surface area contributed by atoms with Gasteiger partial charge in [0.1, 0.15) is 0 Å². The van der Waals surface area contributed by atoms with Crippen LogP contribution in [0.25, 0.3) is 0 Å². The fraction of sp³-hybridized carbons (Fsp3) is 0.538. The Bertz CT molecular complexity index is 254. The van der Waals surface area contributed by atoms with Crippen LogP contribution in [0.2, 0.25) is 0 Å². The summed E-state index contributed by atoms with van der Waals surface area (Å²) >= 11 is 0. The first kappa shape index (κ1) is 12.2. The van der Waals surface area contributed by atoms with Crippen molar-refractivity contribution in [2.75, 3.05) is 6.54 Å². The molecule has 0 aliphatic heterocycles. The summed E-state index contributed by atoms with van der Waals surface area (Å²) in [4.78, 5) is 0. The smallest absolute Gasteiger partial charge is 0.0205 e. The zero-order chi connectivity index (χ0) is 10.9. The summed E-state index contributed by atoms with van der Waals surface area (Å²) in [5.41, 5.74) is 8.07. The van der Waals surface area contributed by atoms with Gasteiger partial charge in [-0.25, -0.2) is 0 Å². The van der Waals surface area contributed by atoms with E-state index >= 15 is 0 Å². The zero-order valence-corrected chi connectivity index (χ0v) is 9.63. The fourth-order valence-corrected chi connectivity index (χ4v) is 1.53. The molecule has 0 radical (unpaired) electrons. The second-order valence-corrected chi connectivity index (χ2v) is 3.90. The highest BCUT2D eigenvalue weighted by Crippen LogP contribution is 2.03. The van der Waals surface area contributed by atoms with Crippen molar-refractivity contribution in [3.05, 3.63) is 35.4 Å². The first-order valence-electron chi connectivity index (χ1n) is 5.85. The average Bonchev–Trinajstić information content (AvgIpc) is 2.30. The van der Waals surface area contributed by atoms with Crippen molar-refractivity contribution in [3.63, 3.8) is 0 Å². The van der Waals surface area contributed by atoms with Gasteiger partial charge in [-0.05, 0) is 24.1 Å². The Labute approximate surface area is 92.9 Å². The topological polar surface area (TPSA) is 38.0 Å². The van der Waals surface area contributed by atoms with Gasteiger partial charge in [0.15, 0.2) is 0 Å². The van der Waals surface area contributed by atoms with Crippen LogP contribution in [0.4, 0.5) is 0 Å². The first-order chi connectivity index (χ1) is 7.36. The minimum Gasteiger partial charge on any atom is -0.326 e. The van der Waals surface area contributed by atoms with Crippen molar-refractivity contribution in [2.24, 2.45) is 5.73 Å². The molecule has 0 unspecified atom stereocenters. The molecule has 0 fully saturated rings. The summed E-state index contributed by atoms with van der Waals surface area (Å²) in [5.74, 6) is 0. The molecular formula is C13H22N2. The molecule has 0 heterocycles. The van der Waals surface area contributed by atoms with E-state index < -0.39 is 0 Å². The number of hydrogen-bond donors (Lipinski definition) is 2. The van der Waals surface area contributed by atoms with Crippen LogP contribution in [0.3, 0.4) is 0 Å². The molecule has 0 saturated heterocycles. The molecule has 2 nitrogen and oxygen atoms in total. The van der Waals surface area contributed by atoms with Crippen molar-refractivity contribution < 1.29 is 0 Å². The lowest BCUT2D eigenvalue weighted by Gasteiger charge is -2.05. The van der Waals surface area contributed by atoms with E-state index in [2.05, 4.69) is 36.5 Å². The molecule has 0 bridgehead atoms. The van der Waals surface area contributed by atoms with E-state index in [-0.39, 0.29) is 0 Å². The molecule has 0 aliphatic rings. The first-order valence-corrected chi connectivity index (χ1v) is 5.85. The van der Waals surface area contributed by atoms with Gasteiger partial charge in [-0.1, -0.05) is 44.0 Å². The van der Waals surface area contributed by atoms with E-state index in [4.69, 9.17) is 5.73 Å². The SMILES string of the molecule is CCCCCNCc1ccc(CN)cc1. The van der Waals surface area contributed by atoms with Gasteiger partial charge in [-0.15, -0.1) is 0 Å². The molecule has 0 atom stereocenters. The fourth-order valence-electron chi connectivity index (χ4n) is 1.53. The van der Waals surface area contributed by atoms with Gasteiger partial charge in [-0.3, -0.25) is 0 Å². The van der Waals surface area contributed by atoms with Crippen LogP contribution in [0.5, 0.6) is 0 Å². The maximum atomic E-state index is 5.54. The van der Waals surface area contributed by atoms with Gasteiger partial charge in [0.05, 0.1) is 0 Å². The van der Waals surface area contributed by atoms with Gasteiger partial charge in [0.25, 0.3) is 0 Å². The summed E-state index contributed by atoms with van der Waals surface area (Å²) in [7, 11) is 0. The molecule has 2 heteroatoms. The molecule has 0 amide bonds. The molecule has 1 aromatic rings. The third-order valence-electron chi connectivity index (χ3n) is 2.54. The largest absolute Gasteiger partial charge is 0.326 e. The number of rotatable bonds is 7. The summed E-state index contributed by atoms with van der Waals surface area (Å²) < 4.78 is 0. The highest BCUT2D eigenvalue weighted by Gasteiger charge is 1.93. The maximum absolute atomic E-state index is 5.54. The molecule has 1 aromatic carbocycles. The maximum Gasteiger partial charge on any atom is 0.0205 e. The van der Waals surface area contributed by atoms with Gasteiger partial charge in [0.2, 0.25) is 0 Å². The number of nitrogens with one attached hydrogen (secondary N) is 1. The van der Waals surface area contributed by atoms with Crippen molar-refractivity contribution in [1.82, 2.24) is 5.32 Å². The van der Waals surface area contributed by atoms with Gasteiger partial charge in [0, 0.05) is 13.1 Å². The molecule has 0 aromatic heterocycles. The van der Waals surface area contributed by atoms with Crippen LogP contribution >= 0.6 is 0 Å². The standard InChI is InChI=1S/C13H22N2/c1-2-3-4-9-15-11-13-7-5-12(10-14)6-8-13/h5-8,15H,2-4,9-11,14H2,1H3. The van der Waals surface area contributed by atoms with E-state index in [1.807, 2.05) is 0 Å². The van der Waals surface area contributed by atoms with Gasteiger partial charge >= 0.3 is 0 Å². The Balaban J connectivity index is 2.20. The lowest BCUT2D eigenvalue weighted by Crippen LogP contribution is -2.14. The van der Waals surface area contributed by atoms with Crippen LogP contribution in [-0.2, 0) is 13.1 Å². The Morgan fingerprint density at radius 2 is 1.73 bits per heavy atom. The molecule has 0 spiro atoms. The summed E-state index contributed by atoms with van der Waals surface area (Å²) in [6.07, 6.45) is 3.88. The van der Waals surface area contributed by atoms with Crippen molar-refractivity contribution in [2.45, 2.75) is 39.3 Å².